The molecule has 2 aromatic rings. The van der Waals surface area contributed by atoms with Gasteiger partial charge in [-0.25, -0.2) is 0 Å². The van der Waals surface area contributed by atoms with E-state index >= 15 is 0 Å². The van der Waals surface area contributed by atoms with E-state index in [2.05, 4.69) is 0 Å². The number of halogens is 1. The lowest BCUT2D eigenvalue weighted by Gasteiger charge is -2.17. The van der Waals surface area contributed by atoms with Gasteiger partial charge in [-0.2, -0.15) is 0 Å². The molecule has 0 spiro atoms. The smallest absolute Gasteiger partial charge is 0.253 e. The van der Waals surface area contributed by atoms with E-state index in [1.54, 1.807) is 11.9 Å². The number of hydrogen-bond donors (Lipinski definition) is 0. The fourth-order valence-corrected chi connectivity index (χ4v) is 1.86. The monoisotopic (exact) mass is 259 g/mol. The molecule has 2 aromatic carbocycles. The molecule has 3 heteroatoms. The topological polar surface area (TPSA) is 20.3 Å². The lowest BCUT2D eigenvalue weighted by molar-refractivity contribution is 0.0785. The SMILES string of the molecule is CN(Cc1ccc(Cl)cc1)C(=O)c1ccccc1. The average molecular weight is 260 g/mol. The summed E-state index contributed by atoms with van der Waals surface area (Å²) >= 11 is 5.83. The van der Waals surface area contributed by atoms with Gasteiger partial charge in [-0.05, 0) is 29.8 Å². The highest BCUT2D eigenvalue weighted by Crippen LogP contribution is 2.12. The second-order valence-electron chi connectivity index (χ2n) is 4.15. The number of nitrogens with zero attached hydrogens (tertiary/aromatic N) is 1. The third-order valence-corrected chi connectivity index (χ3v) is 2.95. The predicted octanol–water partition coefficient (Wildman–Crippen LogP) is 3.61. The Morgan fingerprint density at radius 1 is 1.06 bits per heavy atom. The van der Waals surface area contributed by atoms with Gasteiger partial charge in [-0.1, -0.05) is 41.9 Å². The van der Waals surface area contributed by atoms with Crippen molar-refractivity contribution in [3.63, 3.8) is 0 Å². The summed E-state index contributed by atoms with van der Waals surface area (Å²) in [4.78, 5) is 13.8. The summed E-state index contributed by atoms with van der Waals surface area (Å²) in [6.45, 7) is 0.574. The first-order valence-electron chi connectivity index (χ1n) is 5.72. The van der Waals surface area contributed by atoms with E-state index in [0.717, 1.165) is 5.56 Å². The maximum atomic E-state index is 12.1. The van der Waals surface area contributed by atoms with Crippen LogP contribution < -0.4 is 0 Å². The van der Waals surface area contributed by atoms with Gasteiger partial charge in [0.15, 0.2) is 0 Å². The molecule has 0 radical (unpaired) electrons. The highest BCUT2D eigenvalue weighted by Gasteiger charge is 2.11. The van der Waals surface area contributed by atoms with Crippen LogP contribution in [0.4, 0.5) is 0 Å². The van der Waals surface area contributed by atoms with Crippen LogP contribution in [0.5, 0.6) is 0 Å². The minimum atomic E-state index is 0.0190. The molecule has 18 heavy (non-hydrogen) atoms. The third kappa shape index (κ3) is 3.11. The van der Waals surface area contributed by atoms with Crippen molar-refractivity contribution in [3.8, 4) is 0 Å². The van der Waals surface area contributed by atoms with E-state index in [-0.39, 0.29) is 5.91 Å². The van der Waals surface area contributed by atoms with Crippen molar-refractivity contribution in [1.29, 1.82) is 0 Å². The fourth-order valence-electron chi connectivity index (χ4n) is 1.74. The van der Waals surface area contributed by atoms with Gasteiger partial charge in [0.25, 0.3) is 5.91 Å². The first-order valence-corrected chi connectivity index (χ1v) is 6.09. The van der Waals surface area contributed by atoms with Crippen LogP contribution in [0.2, 0.25) is 5.02 Å². The number of benzene rings is 2. The summed E-state index contributed by atoms with van der Waals surface area (Å²) in [5.41, 5.74) is 1.76. The second-order valence-corrected chi connectivity index (χ2v) is 4.59. The van der Waals surface area contributed by atoms with E-state index in [9.17, 15) is 4.79 Å². The Hall–Kier alpha value is -1.80. The number of amides is 1. The van der Waals surface area contributed by atoms with Gasteiger partial charge in [0.2, 0.25) is 0 Å². The van der Waals surface area contributed by atoms with Crippen molar-refractivity contribution in [1.82, 2.24) is 4.90 Å². The maximum absolute atomic E-state index is 12.1. The van der Waals surface area contributed by atoms with Crippen LogP contribution in [0, 0.1) is 0 Å². The van der Waals surface area contributed by atoms with Crippen molar-refractivity contribution in [3.05, 3.63) is 70.7 Å². The molecule has 0 unspecified atom stereocenters. The highest BCUT2D eigenvalue weighted by molar-refractivity contribution is 6.30. The van der Waals surface area contributed by atoms with E-state index < -0.39 is 0 Å². The molecule has 92 valence electrons. The summed E-state index contributed by atoms with van der Waals surface area (Å²) in [5.74, 6) is 0.0190. The normalized spacial score (nSPS) is 10.1. The molecular weight excluding hydrogens is 246 g/mol. The van der Waals surface area contributed by atoms with Crippen LogP contribution in [0.3, 0.4) is 0 Å². The molecule has 0 heterocycles. The van der Waals surface area contributed by atoms with Crippen molar-refractivity contribution < 1.29 is 4.79 Å². The number of rotatable bonds is 3. The summed E-state index contributed by atoms with van der Waals surface area (Å²) < 4.78 is 0. The Kier molecular flexibility index (Phi) is 4.00. The second kappa shape index (κ2) is 5.69. The molecule has 0 aliphatic carbocycles. The molecule has 0 atom stereocenters. The quantitative estimate of drug-likeness (QED) is 0.825. The first kappa shape index (κ1) is 12.7. The van der Waals surface area contributed by atoms with Crippen LogP contribution >= 0.6 is 11.6 Å². The molecule has 0 aliphatic heterocycles. The summed E-state index contributed by atoms with van der Waals surface area (Å²) in [6.07, 6.45) is 0. The fraction of sp³-hybridized carbons (Fsp3) is 0.133. The zero-order chi connectivity index (χ0) is 13.0. The molecule has 0 saturated heterocycles. The van der Waals surface area contributed by atoms with Gasteiger partial charge in [0, 0.05) is 24.2 Å². The minimum Gasteiger partial charge on any atom is -0.337 e. The Labute approximate surface area is 112 Å². The van der Waals surface area contributed by atoms with E-state index in [4.69, 9.17) is 11.6 Å². The maximum Gasteiger partial charge on any atom is 0.253 e. The van der Waals surface area contributed by atoms with Crippen molar-refractivity contribution in [2.45, 2.75) is 6.54 Å². The number of hydrogen-bond acceptors (Lipinski definition) is 1. The molecule has 2 nitrogen and oxygen atoms in total. The van der Waals surface area contributed by atoms with Gasteiger partial charge < -0.3 is 4.90 Å². The predicted molar refractivity (Wildman–Crippen MR) is 73.7 cm³/mol. The molecule has 0 saturated carbocycles. The van der Waals surface area contributed by atoms with E-state index in [1.165, 1.54) is 0 Å². The van der Waals surface area contributed by atoms with Crippen LogP contribution in [0.25, 0.3) is 0 Å². The Balaban J connectivity index is 2.06. The zero-order valence-electron chi connectivity index (χ0n) is 10.1. The third-order valence-electron chi connectivity index (χ3n) is 2.70. The van der Waals surface area contributed by atoms with Crippen LogP contribution in [0.1, 0.15) is 15.9 Å². The molecule has 0 aliphatic rings. The summed E-state index contributed by atoms with van der Waals surface area (Å²) in [7, 11) is 1.80. The summed E-state index contributed by atoms with van der Waals surface area (Å²) in [5, 5.41) is 0.704. The molecule has 0 N–H and O–H groups in total. The van der Waals surface area contributed by atoms with Crippen LogP contribution in [0.15, 0.2) is 54.6 Å². The molecular formula is C15H14ClNO. The number of carbonyl (C=O) groups is 1. The van der Waals surface area contributed by atoms with Gasteiger partial charge in [0.1, 0.15) is 0 Å². The minimum absolute atomic E-state index is 0.0190. The molecule has 0 fully saturated rings. The van der Waals surface area contributed by atoms with Gasteiger partial charge >= 0.3 is 0 Å². The molecule has 1 amide bonds. The number of carbonyl (C=O) groups excluding carboxylic acids is 1. The van der Waals surface area contributed by atoms with E-state index in [1.807, 2.05) is 54.6 Å². The van der Waals surface area contributed by atoms with Crippen molar-refractivity contribution >= 4 is 17.5 Å². The standard InChI is InChI=1S/C15H14ClNO/c1-17(11-12-7-9-14(16)10-8-12)15(18)13-5-3-2-4-6-13/h2-10H,11H2,1H3. The zero-order valence-corrected chi connectivity index (χ0v) is 10.9. The largest absolute Gasteiger partial charge is 0.337 e. The van der Waals surface area contributed by atoms with Crippen molar-refractivity contribution in [2.24, 2.45) is 0 Å². The Bertz CT molecular complexity index is 522. The van der Waals surface area contributed by atoms with Crippen molar-refractivity contribution in [2.75, 3.05) is 7.05 Å². The van der Waals surface area contributed by atoms with E-state index in [0.29, 0.717) is 17.1 Å². The summed E-state index contributed by atoms with van der Waals surface area (Å²) in [6, 6.07) is 16.8. The van der Waals surface area contributed by atoms with Crippen LogP contribution in [-0.2, 0) is 6.54 Å². The lowest BCUT2D eigenvalue weighted by Crippen LogP contribution is -2.26. The van der Waals surface area contributed by atoms with Gasteiger partial charge in [0.05, 0.1) is 0 Å². The Morgan fingerprint density at radius 3 is 2.28 bits per heavy atom. The lowest BCUT2D eigenvalue weighted by atomic mass is 10.1. The van der Waals surface area contributed by atoms with Crippen LogP contribution in [-0.4, -0.2) is 17.9 Å². The van der Waals surface area contributed by atoms with Gasteiger partial charge in [-0.3, -0.25) is 4.79 Å². The van der Waals surface area contributed by atoms with Gasteiger partial charge in [-0.15, -0.1) is 0 Å². The Morgan fingerprint density at radius 2 is 1.67 bits per heavy atom. The molecule has 0 aromatic heterocycles. The first-order chi connectivity index (χ1) is 8.66. The molecule has 0 bridgehead atoms. The highest BCUT2D eigenvalue weighted by atomic mass is 35.5. The average Bonchev–Trinajstić information content (AvgIpc) is 2.41. The molecule has 2 rings (SSSR count).